The maximum absolute atomic E-state index is 12.3. The number of hydrogen-bond donors (Lipinski definition) is 0. The largest absolute Gasteiger partial charge is 0.493 e. The van der Waals surface area contributed by atoms with E-state index in [2.05, 4.69) is 0 Å². The van der Waals surface area contributed by atoms with Gasteiger partial charge in [-0.3, -0.25) is 10.1 Å². The van der Waals surface area contributed by atoms with Gasteiger partial charge < -0.3 is 18.9 Å². The fourth-order valence-corrected chi connectivity index (χ4v) is 2.20. The summed E-state index contributed by atoms with van der Waals surface area (Å²) in [7, 11) is 4.32. The smallest absolute Gasteiger partial charge is 0.342 e. The number of carbonyl (C=O) groups excluding carboxylic acids is 1. The summed E-state index contributed by atoms with van der Waals surface area (Å²) in [6.07, 6.45) is 0. The topological polar surface area (TPSA) is 97.1 Å². The Balaban J connectivity index is 2.16. The van der Waals surface area contributed by atoms with Crippen molar-refractivity contribution < 1.29 is 28.7 Å². The van der Waals surface area contributed by atoms with Gasteiger partial charge in [-0.25, -0.2) is 4.79 Å². The molecule has 25 heavy (non-hydrogen) atoms. The molecule has 8 heteroatoms. The van der Waals surface area contributed by atoms with Crippen molar-refractivity contribution in [3.05, 3.63) is 57.6 Å². The molecular formula is C17H17NO7. The van der Waals surface area contributed by atoms with Gasteiger partial charge >= 0.3 is 5.97 Å². The molecule has 2 rings (SSSR count). The van der Waals surface area contributed by atoms with E-state index in [9.17, 15) is 14.9 Å². The third-order valence-corrected chi connectivity index (χ3v) is 3.44. The fraction of sp³-hybridized carbons (Fsp3) is 0.235. The van der Waals surface area contributed by atoms with Gasteiger partial charge in [0.05, 0.1) is 26.3 Å². The molecule has 0 spiro atoms. The van der Waals surface area contributed by atoms with Gasteiger partial charge in [0.15, 0.2) is 11.5 Å². The van der Waals surface area contributed by atoms with Crippen LogP contribution in [-0.2, 0) is 11.3 Å². The molecule has 0 aliphatic carbocycles. The predicted octanol–water partition coefficient (Wildman–Crippen LogP) is 2.98. The van der Waals surface area contributed by atoms with Crippen LogP contribution in [0.3, 0.4) is 0 Å². The second kappa shape index (κ2) is 8.00. The number of benzene rings is 2. The number of rotatable bonds is 7. The summed E-state index contributed by atoms with van der Waals surface area (Å²) >= 11 is 0. The summed E-state index contributed by atoms with van der Waals surface area (Å²) in [5, 5.41) is 10.6. The Morgan fingerprint density at radius 3 is 2.12 bits per heavy atom. The van der Waals surface area contributed by atoms with E-state index in [4.69, 9.17) is 18.9 Å². The molecule has 8 nitrogen and oxygen atoms in total. The number of methoxy groups -OCH3 is 3. The molecule has 0 aliphatic heterocycles. The number of nitro groups is 1. The van der Waals surface area contributed by atoms with E-state index in [1.54, 1.807) is 6.07 Å². The van der Waals surface area contributed by atoms with Crippen LogP contribution in [0.2, 0.25) is 0 Å². The maximum Gasteiger partial charge on any atom is 0.342 e. The number of nitrogens with zero attached hydrogens (tertiary/aromatic N) is 1. The molecule has 132 valence electrons. The first-order valence-electron chi connectivity index (χ1n) is 7.21. The van der Waals surface area contributed by atoms with Crippen molar-refractivity contribution >= 4 is 11.7 Å². The lowest BCUT2D eigenvalue weighted by Gasteiger charge is -2.15. The van der Waals surface area contributed by atoms with Crippen molar-refractivity contribution in [1.29, 1.82) is 0 Å². The highest BCUT2D eigenvalue weighted by molar-refractivity contribution is 5.94. The number of carbonyl (C=O) groups is 1. The Morgan fingerprint density at radius 2 is 1.60 bits per heavy atom. The lowest BCUT2D eigenvalue weighted by atomic mass is 10.1. The van der Waals surface area contributed by atoms with Gasteiger partial charge in [0.2, 0.25) is 5.75 Å². The van der Waals surface area contributed by atoms with Gasteiger partial charge in [0, 0.05) is 12.1 Å². The number of esters is 1. The Labute approximate surface area is 144 Å². The molecular weight excluding hydrogens is 330 g/mol. The molecule has 0 amide bonds. The standard InChI is InChI=1S/C17H17NO7/c1-22-14-9-8-13(15(23-2)16(14)24-3)17(19)25-10-11-4-6-12(7-5-11)18(20)21/h4-9H,10H2,1-3H3. The van der Waals surface area contributed by atoms with Gasteiger partial charge in [-0.05, 0) is 29.8 Å². The summed E-state index contributed by atoms with van der Waals surface area (Å²) in [5.74, 6) is 0.299. The van der Waals surface area contributed by atoms with E-state index in [1.807, 2.05) is 0 Å². The average molecular weight is 347 g/mol. The van der Waals surface area contributed by atoms with Crippen LogP contribution < -0.4 is 14.2 Å². The van der Waals surface area contributed by atoms with Crippen LogP contribution in [0.25, 0.3) is 0 Å². The molecule has 0 atom stereocenters. The molecule has 2 aromatic carbocycles. The normalized spacial score (nSPS) is 10.0. The van der Waals surface area contributed by atoms with Crippen molar-refractivity contribution in [2.75, 3.05) is 21.3 Å². The SMILES string of the molecule is COc1ccc(C(=O)OCc2ccc([N+](=O)[O-])cc2)c(OC)c1OC. The summed E-state index contributed by atoms with van der Waals surface area (Å²) < 4.78 is 20.9. The summed E-state index contributed by atoms with van der Waals surface area (Å²) in [6.45, 7) is -0.0334. The highest BCUT2D eigenvalue weighted by Gasteiger charge is 2.21. The molecule has 0 heterocycles. The lowest BCUT2D eigenvalue weighted by molar-refractivity contribution is -0.384. The van der Waals surface area contributed by atoms with E-state index in [-0.39, 0.29) is 29.4 Å². The van der Waals surface area contributed by atoms with Crippen LogP contribution in [0.5, 0.6) is 17.2 Å². The second-order valence-corrected chi connectivity index (χ2v) is 4.88. The minimum atomic E-state index is -0.615. The fourth-order valence-electron chi connectivity index (χ4n) is 2.20. The first-order valence-corrected chi connectivity index (χ1v) is 7.21. The third kappa shape index (κ3) is 3.97. The van der Waals surface area contributed by atoms with Crippen molar-refractivity contribution in [1.82, 2.24) is 0 Å². The van der Waals surface area contributed by atoms with E-state index in [0.717, 1.165) is 0 Å². The Bertz CT molecular complexity index is 771. The van der Waals surface area contributed by atoms with E-state index in [1.165, 1.54) is 51.7 Å². The van der Waals surface area contributed by atoms with Crippen LogP contribution in [0.4, 0.5) is 5.69 Å². The number of hydrogen-bond acceptors (Lipinski definition) is 7. The lowest BCUT2D eigenvalue weighted by Crippen LogP contribution is -2.08. The van der Waals surface area contributed by atoms with Crippen LogP contribution in [0.15, 0.2) is 36.4 Å². The highest BCUT2D eigenvalue weighted by atomic mass is 16.6. The predicted molar refractivity (Wildman–Crippen MR) is 88.3 cm³/mol. The Kier molecular flexibility index (Phi) is 5.78. The molecule has 2 aromatic rings. The van der Waals surface area contributed by atoms with Crippen molar-refractivity contribution in [3.8, 4) is 17.2 Å². The Hall–Kier alpha value is -3.29. The van der Waals surface area contributed by atoms with Crippen LogP contribution >= 0.6 is 0 Å². The molecule has 0 aromatic heterocycles. The molecule has 0 unspecified atom stereocenters. The van der Waals surface area contributed by atoms with E-state index in [0.29, 0.717) is 11.3 Å². The van der Waals surface area contributed by atoms with Crippen molar-refractivity contribution in [2.24, 2.45) is 0 Å². The molecule has 0 bridgehead atoms. The van der Waals surface area contributed by atoms with Crippen molar-refractivity contribution in [3.63, 3.8) is 0 Å². The van der Waals surface area contributed by atoms with Gasteiger partial charge in [-0.1, -0.05) is 0 Å². The molecule has 0 radical (unpaired) electrons. The summed E-state index contributed by atoms with van der Waals surface area (Å²) in [6, 6.07) is 8.83. The quantitative estimate of drug-likeness (QED) is 0.431. The van der Waals surface area contributed by atoms with Gasteiger partial charge in [-0.2, -0.15) is 0 Å². The zero-order chi connectivity index (χ0) is 18.4. The van der Waals surface area contributed by atoms with Gasteiger partial charge in [-0.15, -0.1) is 0 Å². The zero-order valence-electron chi connectivity index (χ0n) is 14.0. The minimum absolute atomic E-state index is 0.0309. The first-order chi connectivity index (χ1) is 12.0. The molecule has 0 saturated heterocycles. The number of ether oxygens (including phenoxy) is 4. The summed E-state index contributed by atoms with van der Waals surface area (Å²) in [5.41, 5.74) is 0.775. The van der Waals surface area contributed by atoms with Crippen LogP contribution in [-0.4, -0.2) is 32.2 Å². The second-order valence-electron chi connectivity index (χ2n) is 4.88. The third-order valence-electron chi connectivity index (χ3n) is 3.44. The monoisotopic (exact) mass is 347 g/mol. The number of nitro benzene ring substituents is 1. The minimum Gasteiger partial charge on any atom is -0.493 e. The average Bonchev–Trinajstić information content (AvgIpc) is 2.64. The molecule has 0 N–H and O–H groups in total. The van der Waals surface area contributed by atoms with Crippen LogP contribution in [0.1, 0.15) is 15.9 Å². The molecule has 0 fully saturated rings. The number of non-ortho nitro benzene ring substituents is 1. The van der Waals surface area contributed by atoms with E-state index < -0.39 is 10.9 Å². The van der Waals surface area contributed by atoms with Crippen LogP contribution in [0, 0.1) is 10.1 Å². The summed E-state index contributed by atoms with van der Waals surface area (Å²) in [4.78, 5) is 22.5. The Morgan fingerprint density at radius 1 is 0.960 bits per heavy atom. The first kappa shape index (κ1) is 18.1. The van der Waals surface area contributed by atoms with Crippen molar-refractivity contribution in [2.45, 2.75) is 6.61 Å². The molecule has 0 aliphatic rings. The maximum atomic E-state index is 12.3. The van der Waals surface area contributed by atoms with Gasteiger partial charge in [0.25, 0.3) is 5.69 Å². The highest BCUT2D eigenvalue weighted by Crippen LogP contribution is 2.40. The van der Waals surface area contributed by atoms with E-state index >= 15 is 0 Å². The van der Waals surface area contributed by atoms with Gasteiger partial charge in [0.1, 0.15) is 12.2 Å². The zero-order valence-corrected chi connectivity index (χ0v) is 14.0. The molecule has 0 saturated carbocycles.